The molecule has 0 aliphatic rings. The summed E-state index contributed by atoms with van der Waals surface area (Å²) in [4.78, 5) is 0. The van der Waals surface area contributed by atoms with Gasteiger partial charge in [-0.05, 0) is 0 Å². The molecule has 1 aromatic carbocycles. The molecule has 1 rings (SSSR count). The molecule has 0 radical (unpaired) electrons. The fraction of sp³-hybridized carbons (Fsp3) is 0. The molecule has 2 heteroatoms. The number of rotatable bonds is 1. The van der Waals surface area contributed by atoms with Crippen LogP contribution in [0.4, 0.5) is 0 Å². The molecule has 0 aliphatic carbocycles. The topological polar surface area (TPSA) is 17.1 Å². The molecule has 0 atom stereocenters. The van der Waals surface area contributed by atoms with Gasteiger partial charge in [-0.2, -0.15) is 0 Å². The van der Waals surface area contributed by atoms with Gasteiger partial charge >= 0.3 is 66.2 Å². The maximum absolute atomic E-state index is 9.93. The van der Waals surface area contributed by atoms with Crippen molar-refractivity contribution in [1.82, 2.24) is 0 Å². The molecular weight excluding hydrogens is 155 g/mol. The average molecular weight is 162 g/mol. The van der Waals surface area contributed by atoms with Crippen molar-refractivity contribution in [2.24, 2.45) is 0 Å². The first kappa shape index (κ1) is 8.07. The summed E-state index contributed by atoms with van der Waals surface area (Å²) in [5.74, 6) is 0. The van der Waals surface area contributed by atoms with Gasteiger partial charge in [-0.15, -0.1) is 0 Å². The molecule has 0 N–H and O–H groups in total. The molecule has 0 bridgehead atoms. The summed E-state index contributed by atoms with van der Waals surface area (Å²) in [6, 6.07) is 9.81. The van der Waals surface area contributed by atoms with Crippen LogP contribution in [0.2, 0.25) is 0 Å². The summed E-state index contributed by atoms with van der Waals surface area (Å²) < 4.78 is 9.93. The molecule has 11 heavy (non-hydrogen) atoms. The van der Waals surface area contributed by atoms with Gasteiger partial charge in [-0.3, -0.25) is 0 Å². The number of allylic oxidation sites excluding steroid dienone is 1. The van der Waals surface area contributed by atoms with Crippen molar-refractivity contribution in [1.29, 1.82) is 0 Å². The van der Waals surface area contributed by atoms with Gasteiger partial charge in [0.05, 0.1) is 0 Å². The predicted molar refractivity (Wildman–Crippen MR) is 47.0 cm³/mol. The Bertz CT molecular complexity index is 334. The third-order valence-electron chi connectivity index (χ3n) is 1.20. The van der Waals surface area contributed by atoms with Crippen LogP contribution in [-0.4, -0.2) is 0 Å². The molecule has 0 saturated heterocycles. The molecule has 0 fully saturated rings. The molecule has 0 aliphatic heterocycles. The van der Waals surface area contributed by atoms with Crippen LogP contribution in [0.1, 0.15) is 5.56 Å². The zero-order valence-electron chi connectivity index (χ0n) is 5.90. The van der Waals surface area contributed by atoms with Crippen LogP contribution in [0.25, 0.3) is 6.08 Å². The Balaban J connectivity index is 2.77. The second-order valence-electron chi connectivity index (χ2n) is 1.96. The van der Waals surface area contributed by atoms with Gasteiger partial charge in [-0.25, -0.2) is 0 Å². The minimum absolute atomic E-state index is 0.0716. The summed E-state index contributed by atoms with van der Waals surface area (Å²) in [6.07, 6.45) is 3.49. The normalized spacial score (nSPS) is 9.45. The Morgan fingerprint density at radius 2 is 2.00 bits per heavy atom. The van der Waals surface area contributed by atoms with Crippen molar-refractivity contribution in [3.63, 3.8) is 0 Å². The molecular formula is C9H7OP. The summed E-state index contributed by atoms with van der Waals surface area (Å²) in [6.45, 7) is 0. The van der Waals surface area contributed by atoms with Gasteiger partial charge in [0.15, 0.2) is 0 Å². The molecule has 0 saturated carbocycles. The van der Waals surface area contributed by atoms with E-state index in [0.717, 1.165) is 5.56 Å². The Morgan fingerprint density at radius 3 is 2.64 bits per heavy atom. The van der Waals surface area contributed by atoms with Crippen molar-refractivity contribution in [2.75, 3.05) is 0 Å². The average Bonchev–Trinajstić information content (AvgIpc) is 2.07. The third-order valence-corrected chi connectivity index (χ3v) is 1.46. The predicted octanol–water partition coefficient (Wildman–Crippen LogP) is 2.95. The van der Waals surface area contributed by atoms with Crippen molar-refractivity contribution >= 4 is 14.0 Å². The van der Waals surface area contributed by atoms with Crippen LogP contribution >= 0.6 is 7.92 Å². The van der Waals surface area contributed by atoms with Crippen LogP contribution in [0, 0.1) is 5.63 Å². The molecule has 0 spiro atoms. The maximum atomic E-state index is 9.93. The van der Waals surface area contributed by atoms with Crippen LogP contribution in [0.5, 0.6) is 0 Å². The Kier molecular flexibility index (Phi) is 3.47. The minimum atomic E-state index is -0.0716. The van der Waals surface area contributed by atoms with Crippen molar-refractivity contribution in [3.05, 3.63) is 42.0 Å². The quantitative estimate of drug-likeness (QED) is 0.580. The fourth-order valence-corrected chi connectivity index (χ4v) is 0.863. The van der Waals surface area contributed by atoms with E-state index >= 15 is 0 Å². The van der Waals surface area contributed by atoms with Gasteiger partial charge in [0.25, 0.3) is 0 Å². The fourth-order valence-electron chi connectivity index (χ4n) is 0.728. The molecule has 0 amide bonds. The van der Waals surface area contributed by atoms with Crippen LogP contribution < -0.4 is 0 Å². The summed E-state index contributed by atoms with van der Waals surface area (Å²) in [7, 11) is -0.0716. The standard InChI is InChI=1S/C9H7OP/c10-11-8-4-7-9-5-2-1-3-6-9/h1-7H. The first-order valence-electron chi connectivity index (χ1n) is 3.23. The van der Waals surface area contributed by atoms with E-state index in [2.05, 4.69) is 5.63 Å². The zero-order chi connectivity index (χ0) is 7.94. The van der Waals surface area contributed by atoms with E-state index in [9.17, 15) is 4.57 Å². The molecule has 0 heterocycles. The van der Waals surface area contributed by atoms with E-state index in [-0.39, 0.29) is 7.92 Å². The van der Waals surface area contributed by atoms with Gasteiger partial charge < -0.3 is 0 Å². The van der Waals surface area contributed by atoms with Crippen molar-refractivity contribution in [3.8, 4) is 5.63 Å². The van der Waals surface area contributed by atoms with E-state index in [1.807, 2.05) is 36.4 Å². The van der Waals surface area contributed by atoms with Gasteiger partial charge in [0, 0.05) is 0 Å². The van der Waals surface area contributed by atoms with E-state index < -0.39 is 0 Å². The van der Waals surface area contributed by atoms with E-state index in [4.69, 9.17) is 0 Å². The van der Waals surface area contributed by atoms with Crippen LogP contribution in [-0.2, 0) is 4.57 Å². The Morgan fingerprint density at radius 1 is 1.27 bits per heavy atom. The van der Waals surface area contributed by atoms with Gasteiger partial charge in [-0.1, -0.05) is 0 Å². The molecule has 1 aromatic rings. The number of benzene rings is 1. The Hall–Kier alpha value is -1.03. The van der Waals surface area contributed by atoms with E-state index in [1.165, 1.54) is 0 Å². The third kappa shape index (κ3) is 3.04. The zero-order valence-corrected chi connectivity index (χ0v) is 6.79. The Labute approximate surface area is 66.9 Å². The molecule has 1 nitrogen and oxygen atoms in total. The van der Waals surface area contributed by atoms with Crippen LogP contribution in [0.15, 0.2) is 36.4 Å². The first-order chi connectivity index (χ1) is 5.43. The second-order valence-corrected chi connectivity index (χ2v) is 2.41. The van der Waals surface area contributed by atoms with Crippen molar-refractivity contribution < 1.29 is 4.57 Å². The van der Waals surface area contributed by atoms with E-state index in [0.29, 0.717) is 0 Å². The number of hydrogen-bond acceptors (Lipinski definition) is 1. The molecule has 54 valence electrons. The van der Waals surface area contributed by atoms with Gasteiger partial charge in [0.2, 0.25) is 0 Å². The number of hydrogen-bond donors (Lipinski definition) is 0. The van der Waals surface area contributed by atoms with Crippen molar-refractivity contribution in [2.45, 2.75) is 0 Å². The molecule has 0 unspecified atom stereocenters. The van der Waals surface area contributed by atoms with Crippen LogP contribution in [0.3, 0.4) is 0 Å². The summed E-state index contributed by atoms with van der Waals surface area (Å²) in [5.41, 5.74) is 3.62. The second kappa shape index (κ2) is 4.73. The monoisotopic (exact) mass is 162 g/mol. The SMILES string of the molecule is O=P#CC=Cc1ccccc1. The first-order valence-corrected chi connectivity index (χ1v) is 4.04. The summed E-state index contributed by atoms with van der Waals surface area (Å²) >= 11 is 0. The van der Waals surface area contributed by atoms with Gasteiger partial charge in [0.1, 0.15) is 0 Å². The molecule has 0 aromatic heterocycles. The van der Waals surface area contributed by atoms with E-state index in [1.54, 1.807) is 6.08 Å². The summed E-state index contributed by atoms with van der Waals surface area (Å²) in [5, 5.41) is 0.